The number of hydrogen-bond acceptors (Lipinski definition) is 2. The average molecular weight is 371 g/mol. The van der Waals surface area contributed by atoms with Gasteiger partial charge in [0.25, 0.3) is 0 Å². The van der Waals surface area contributed by atoms with Crippen LogP contribution in [0.5, 0.6) is 0 Å². The van der Waals surface area contributed by atoms with E-state index in [4.69, 9.17) is 0 Å². The first-order valence-electron chi connectivity index (χ1n) is 9.69. The molecule has 0 heterocycles. The van der Waals surface area contributed by atoms with Crippen molar-refractivity contribution in [3.8, 4) is 0 Å². The van der Waals surface area contributed by atoms with Crippen LogP contribution in [0.2, 0.25) is 0 Å². The van der Waals surface area contributed by atoms with Gasteiger partial charge in [0.05, 0.1) is 0 Å². The molecule has 1 unspecified atom stereocenters. The summed E-state index contributed by atoms with van der Waals surface area (Å²) >= 11 is 0. The SMILES string of the molecule is CCCCCCCCCCCC(=O)NC(Cc1ccccc1)C(=O)O.[H-].[Na+]. The van der Waals surface area contributed by atoms with E-state index in [2.05, 4.69) is 12.2 Å². The molecule has 0 aromatic heterocycles. The van der Waals surface area contributed by atoms with Gasteiger partial charge < -0.3 is 11.8 Å². The molecule has 0 spiro atoms. The van der Waals surface area contributed by atoms with E-state index in [1.54, 1.807) is 0 Å². The Morgan fingerprint density at radius 2 is 1.50 bits per heavy atom. The number of carbonyl (C=O) groups is 2. The zero-order valence-corrected chi connectivity index (χ0v) is 18.5. The third kappa shape index (κ3) is 12.5. The van der Waals surface area contributed by atoms with Crippen LogP contribution < -0.4 is 34.9 Å². The largest absolute Gasteiger partial charge is 1.00 e. The van der Waals surface area contributed by atoms with Gasteiger partial charge in [-0.2, -0.15) is 0 Å². The Bertz CT molecular complexity index is 499. The second-order valence-corrected chi connectivity index (χ2v) is 6.73. The van der Waals surface area contributed by atoms with E-state index in [9.17, 15) is 14.7 Å². The summed E-state index contributed by atoms with van der Waals surface area (Å²) in [5, 5.41) is 12.0. The third-order valence-electron chi connectivity index (χ3n) is 4.42. The molecule has 0 radical (unpaired) electrons. The Morgan fingerprint density at radius 3 is 2.04 bits per heavy atom. The number of nitrogens with one attached hydrogen (secondary N) is 1. The van der Waals surface area contributed by atoms with Gasteiger partial charge in [-0.05, 0) is 12.0 Å². The van der Waals surface area contributed by atoms with Crippen LogP contribution in [-0.2, 0) is 16.0 Å². The molecule has 5 heteroatoms. The van der Waals surface area contributed by atoms with Crippen LogP contribution in [0, 0.1) is 0 Å². The van der Waals surface area contributed by atoms with Crippen LogP contribution in [0.4, 0.5) is 0 Å². The van der Waals surface area contributed by atoms with Crippen molar-refractivity contribution < 1.29 is 45.7 Å². The Labute approximate surface area is 181 Å². The summed E-state index contributed by atoms with van der Waals surface area (Å²) in [6.07, 6.45) is 11.5. The zero-order valence-electron chi connectivity index (χ0n) is 17.5. The number of aliphatic carboxylic acids is 1. The summed E-state index contributed by atoms with van der Waals surface area (Å²) in [6, 6.07) is 8.54. The van der Waals surface area contributed by atoms with Crippen molar-refractivity contribution in [2.75, 3.05) is 0 Å². The van der Waals surface area contributed by atoms with Crippen molar-refractivity contribution >= 4 is 11.9 Å². The first-order chi connectivity index (χ1) is 12.1. The van der Waals surface area contributed by atoms with Crippen LogP contribution in [-0.4, -0.2) is 23.0 Å². The van der Waals surface area contributed by atoms with Gasteiger partial charge in [-0.1, -0.05) is 88.6 Å². The number of carbonyl (C=O) groups excluding carboxylic acids is 1. The number of amides is 1. The summed E-state index contributed by atoms with van der Waals surface area (Å²) in [7, 11) is 0. The van der Waals surface area contributed by atoms with Gasteiger partial charge >= 0.3 is 35.5 Å². The van der Waals surface area contributed by atoms with Crippen molar-refractivity contribution in [3.63, 3.8) is 0 Å². The zero-order chi connectivity index (χ0) is 18.3. The standard InChI is InChI=1S/C21H33NO3.Na.H/c1-2-3-4-5-6-7-8-9-13-16-20(23)22-19(21(24)25)17-18-14-11-10-12-15-18;;/h10-12,14-15,19H,2-9,13,16-17H2,1H3,(H,22,23)(H,24,25);;/q;+1;-1. The van der Waals surface area contributed by atoms with Gasteiger partial charge in [0.15, 0.2) is 0 Å². The molecule has 1 amide bonds. The molecule has 26 heavy (non-hydrogen) atoms. The van der Waals surface area contributed by atoms with Crippen molar-refractivity contribution in [2.24, 2.45) is 0 Å². The van der Waals surface area contributed by atoms with Crippen LogP contribution in [0.25, 0.3) is 0 Å². The molecule has 142 valence electrons. The summed E-state index contributed by atoms with van der Waals surface area (Å²) in [5.74, 6) is -1.14. The summed E-state index contributed by atoms with van der Waals surface area (Å²) in [4.78, 5) is 23.3. The maximum Gasteiger partial charge on any atom is 1.00 e. The van der Waals surface area contributed by atoms with E-state index in [-0.39, 0.29) is 36.9 Å². The Morgan fingerprint density at radius 1 is 0.962 bits per heavy atom. The number of unbranched alkanes of at least 4 members (excludes halogenated alkanes) is 8. The van der Waals surface area contributed by atoms with Crippen molar-refractivity contribution in [1.29, 1.82) is 0 Å². The number of benzene rings is 1. The van der Waals surface area contributed by atoms with Crippen LogP contribution in [0.3, 0.4) is 0 Å². The number of carboxylic acid groups (broad SMARTS) is 1. The molecule has 0 aliphatic rings. The minimum absolute atomic E-state index is 0. The minimum Gasteiger partial charge on any atom is -1.00 e. The molecule has 1 atom stereocenters. The maximum atomic E-state index is 12.0. The molecule has 4 nitrogen and oxygen atoms in total. The minimum atomic E-state index is -0.982. The summed E-state index contributed by atoms with van der Waals surface area (Å²) in [6.45, 7) is 2.22. The van der Waals surface area contributed by atoms with E-state index in [0.29, 0.717) is 12.8 Å². The van der Waals surface area contributed by atoms with Gasteiger partial charge in [0, 0.05) is 12.8 Å². The maximum absolute atomic E-state index is 12.0. The average Bonchev–Trinajstić information content (AvgIpc) is 2.60. The normalized spacial score (nSPS) is 11.4. The molecule has 0 fully saturated rings. The van der Waals surface area contributed by atoms with E-state index in [1.807, 2.05) is 30.3 Å². The van der Waals surface area contributed by atoms with Crippen molar-refractivity contribution in [3.05, 3.63) is 35.9 Å². The topological polar surface area (TPSA) is 66.4 Å². The van der Waals surface area contributed by atoms with Gasteiger partial charge in [0.1, 0.15) is 6.04 Å². The molecule has 1 rings (SSSR count). The van der Waals surface area contributed by atoms with Gasteiger partial charge in [-0.15, -0.1) is 0 Å². The fourth-order valence-corrected chi connectivity index (χ4v) is 2.91. The van der Waals surface area contributed by atoms with E-state index in [1.165, 1.54) is 38.5 Å². The third-order valence-corrected chi connectivity index (χ3v) is 4.42. The molecule has 2 N–H and O–H groups in total. The summed E-state index contributed by atoms with van der Waals surface area (Å²) in [5.41, 5.74) is 0.915. The Kier molecular flexibility index (Phi) is 15.8. The second-order valence-electron chi connectivity index (χ2n) is 6.73. The first-order valence-corrected chi connectivity index (χ1v) is 9.69. The van der Waals surface area contributed by atoms with Crippen LogP contribution in [0.15, 0.2) is 30.3 Å². The first kappa shape index (κ1) is 25.2. The molecule has 1 aromatic rings. The molecule has 0 saturated heterocycles. The number of hydrogen-bond donors (Lipinski definition) is 2. The second kappa shape index (κ2) is 16.3. The fraction of sp³-hybridized carbons (Fsp3) is 0.619. The molecular weight excluding hydrogens is 337 g/mol. The van der Waals surface area contributed by atoms with Crippen LogP contribution in [0.1, 0.15) is 78.1 Å². The molecular formula is C21H34NNaO3. The van der Waals surface area contributed by atoms with Gasteiger partial charge in [0.2, 0.25) is 5.91 Å². The van der Waals surface area contributed by atoms with Gasteiger partial charge in [-0.3, -0.25) is 4.79 Å². The van der Waals surface area contributed by atoms with E-state index < -0.39 is 12.0 Å². The van der Waals surface area contributed by atoms with E-state index in [0.717, 1.165) is 24.8 Å². The van der Waals surface area contributed by atoms with Crippen molar-refractivity contribution in [1.82, 2.24) is 5.32 Å². The molecule has 1 aromatic carbocycles. The van der Waals surface area contributed by atoms with Crippen LogP contribution >= 0.6 is 0 Å². The molecule has 0 saturated carbocycles. The monoisotopic (exact) mass is 371 g/mol. The van der Waals surface area contributed by atoms with Crippen molar-refractivity contribution in [2.45, 2.75) is 83.6 Å². The Hall–Kier alpha value is -0.840. The number of rotatable bonds is 14. The summed E-state index contributed by atoms with van der Waals surface area (Å²) < 4.78 is 0. The Balaban J connectivity index is 0. The number of carboxylic acids is 1. The fourth-order valence-electron chi connectivity index (χ4n) is 2.91. The molecule has 0 bridgehead atoms. The molecule has 0 aliphatic heterocycles. The van der Waals surface area contributed by atoms with E-state index >= 15 is 0 Å². The quantitative estimate of drug-likeness (QED) is 0.387. The predicted molar refractivity (Wildman–Crippen MR) is 103 cm³/mol. The smallest absolute Gasteiger partial charge is 1.00 e. The van der Waals surface area contributed by atoms with Gasteiger partial charge in [-0.25, -0.2) is 4.79 Å². The molecule has 0 aliphatic carbocycles. The predicted octanol–water partition coefficient (Wildman–Crippen LogP) is 1.84.